The van der Waals surface area contributed by atoms with Gasteiger partial charge in [-0.15, -0.1) is 0 Å². The van der Waals surface area contributed by atoms with Gasteiger partial charge in [-0.25, -0.2) is 9.97 Å². The third-order valence-electron chi connectivity index (χ3n) is 5.18. The number of nitrogens with zero attached hydrogens (tertiary/aromatic N) is 4. The predicted octanol–water partition coefficient (Wildman–Crippen LogP) is 2.21. The van der Waals surface area contributed by atoms with E-state index in [-0.39, 0.29) is 5.91 Å². The number of aryl methyl sites for hydroxylation is 1. The number of fused-ring (bicyclic) bond motifs is 1. The van der Waals surface area contributed by atoms with E-state index in [0.29, 0.717) is 18.5 Å². The van der Waals surface area contributed by atoms with Crippen molar-refractivity contribution in [2.45, 2.75) is 38.3 Å². The van der Waals surface area contributed by atoms with Crippen molar-refractivity contribution < 1.29 is 4.79 Å². The fourth-order valence-electron chi connectivity index (χ4n) is 3.97. The summed E-state index contributed by atoms with van der Waals surface area (Å²) in [6.07, 6.45) is 6.06. The number of aromatic nitrogens is 2. The Morgan fingerprint density at radius 1 is 1.08 bits per heavy atom. The molecule has 4 rings (SSSR count). The van der Waals surface area contributed by atoms with Crippen LogP contribution in [0.25, 0.3) is 0 Å². The van der Waals surface area contributed by atoms with Gasteiger partial charge in [-0.3, -0.25) is 4.79 Å². The molecule has 5 nitrogen and oxygen atoms in total. The van der Waals surface area contributed by atoms with Gasteiger partial charge in [-0.1, -0.05) is 29.8 Å². The van der Waals surface area contributed by atoms with Crippen LogP contribution in [0, 0.1) is 6.92 Å². The van der Waals surface area contributed by atoms with E-state index in [2.05, 4.69) is 51.0 Å². The molecule has 3 heterocycles. The van der Waals surface area contributed by atoms with Crippen LogP contribution in [0.15, 0.2) is 42.7 Å². The Morgan fingerprint density at radius 2 is 1.79 bits per heavy atom. The molecule has 2 saturated heterocycles. The molecule has 0 N–H and O–H groups in total. The summed E-state index contributed by atoms with van der Waals surface area (Å²) in [7, 11) is 0. The summed E-state index contributed by atoms with van der Waals surface area (Å²) in [5, 5.41) is 0. The smallest absolute Gasteiger partial charge is 0.227 e. The summed E-state index contributed by atoms with van der Waals surface area (Å²) in [5.41, 5.74) is 2.32. The third kappa shape index (κ3) is 2.75. The third-order valence-corrected chi connectivity index (χ3v) is 5.18. The second-order valence-electron chi connectivity index (χ2n) is 6.70. The molecule has 0 aliphatic carbocycles. The van der Waals surface area contributed by atoms with E-state index in [1.54, 1.807) is 12.4 Å². The molecule has 24 heavy (non-hydrogen) atoms. The van der Waals surface area contributed by atoms with Gasteiger partial charge in [0.25, 0.3) is 0 Å². The van der Waals surface area contributed by atoms with E-state index < -0.39 is 0 Å². The van der Waals surface area contributed by atoms with Gasteiger partial charge in [0, 0.05) is 25.5 Å². The number of hydrogen-bond donors (Lipinski definition) is 0. The molecule has 5 heteroatoms. The molecule has 2 aromatic rings. The highest BCUT2D eigenvalue weighted by Gasteiger charge is 2.44. The number of carbonyl (C=O) groups excluding carboxylic acids is 1. The van der Waals surface area contributed by atoms with Crippen molar-refractivity contribution in [1.82, 2.24) is 14.9 Å². The van der Waals surface area contributed by atoms with Crippen LogP contribution < -0.4 is 4.90 Å². The highest BCUT2D eigenvalue weighted by molar-refractivity contribution is 5.79. The fourth-order valence-corrected chi connectivity index (χ4v) is 3.97. The zero-order chi connectivity index (χ0) is 16.5. The number of amides is 1. The molecular weight excluding hydrogens is 300 g/mol. The highest BCUT2D eigenvalue weighted by Crippen LogP contribution is 2.33. The van der Waals surface area contributed by atoms with Crippen LogP contribution in [0.1, 0.15) is 24.0 Å². The molecule has 1 aromatic carbocycles. The summed E-state index contributed by atoms with van der Waals surface area (Å²) in [6.45, 7) is 3.83. The van der Waals surface area contributed by atoms with Gasteiger partial charge >= 0.3 is 0 Å². The lowest BCUT2D eigenvalue weighted by molar-refractivity contribution is -0.131. The van der Waals surface area contributed by atoms with E-state index in [1.165, 1.54) is 5.56 Å². The van der Waals surface area contributed by atoms with Crippen molar-refractivity contribution in [3.63, 3.8) is 0 Å². The quantitative estimate of drug-likeness (QED) is 0.869. The lowest BCUT2D eigenvalue weighted by Gasteiger charge is -2.25. The topological polar surface area (TPSA) is 49.3 Å². The first-order chi connectivity index (χ1) is 11.7. The molecular formula is C19H22N4O. The van der Waals surface area contributed by atoms with Crippen molar-refractivity contribution in [2.24, 2.45) is 0 Å². The minimum Gasteiger partial charge on any atom is -0.337 e. The Morgan fingerprint density at radius 3 is 2.54 bits per heavy atom. The van der Waals surface area contributed by atoms with Crippen LogP contribution in [0.5, 0.6) is 0 Å². The van der Waals surface area contributed by atoms with Crippen molar-refractivity contribution in [2.75, 3.05) is 18.0 Å². The molecule has 0 unspecified atom stereocenters. The Balaban J connectivity index is 1.45. The van der Waals surface area contributed by atoms with Gasteiger partial charge in [-0.05, 0) is 31.4 Å². The maximum Gasteiger partial charge on any atom is 0.227 e. The first kappa shape index (κ1) is 15.1. The van der Waals surface area contributed by atoms with Gasteiger partial charge in [0.2, 0.25) is 11.9 Å². The number of carbonyl (C=O) groups is 1. The van der Waals surface area contributed by atoms with Crippen molar-refractivity contribution in [3.8, 4) is 0 Å². The van der Waals surface area contributed by atoms with Gasteiger partial charge < -0.3 is 9.80 Å². The summed E-state index contributed by atoms with van der Waals surface area (Å²) >= 11 is 0. The molecule has 0 bridgehead atoms. The van der Waals surface area contributed by atoms with Crippen LogP contribution in [0.4, 0.5) is 5.95 Å². The number of likely N-dealkylation sites (tertiary alicyclic amines) is 1. The van der Waals surface area contributed by atoms with Crippen LogP contribution >= 0.6 is 0 Å². The largest absolute Gasteiger partial charge is 0.337 e. The second-order valence-corrected chi connectivity index (χ2v) is 6.70. The highest BCUT2D eigenvalue weighted by atomic mass is 16.2. The normalized spacial score (nSPS) is 22.7. The average molecular weight is 322 g/mol. The number of rotatable bonds is 3. The predicted molar refractivity (Wildman–Crippen MR) is 92.8 cm³/mol. The SMILES string of the molecule is Cc1ccc(CC(=O)N2CC[C@@H]3[C@@H]2CCN3c2ncccn2)cc1. The average Bonchev–Trinajstić information content (AvgIpc) is 3.19. The Bertz CT molecular complexity index is 716. The lowest BCUT2D eigenvalue weighted by Crippen LogP contribution is -2.40. The first-order valence-corrected chi connectivity index (χ1v) is 8.61. The zero-order valence-electron chi connectivity index (χ0n) is 13.9. The summed E-state index contributed by atoms with van der Waals surface area (Å²) in [6, 6.07) is 10.7. The van der Waals surface area contributed by atoms with Crippen molar-refractivity contribution >= 4 is 11.9 Å². The van der Waals surface area contributed by atoms with E-state index in [4.69, 9.17) is 0 Å². The molecule has 2 aliphatic heterocycles. The monoisotopic (exact) mass is 322 g/mol. The van der Waals surface area contributed by atoms with Crippen molar-refractivity contribution in [1.29, 1.82) is 0 Å². The minimum atomic E-state index is 0.238. The Hall–Kier alpha value is -2.43. The van der Waals surface area contributed by atoms with Crippen LogP contribution in [-0.4, -0.2) is 45.9 Å². The molecule has 0 radical (unpaired) electrons. The minimum absolute atomic E-state index is 0.238. The number of benzene rings is 1. The number of anilines is 1. The van der Waals surface area contributed by atoms with E-state index >= 15 is 0 Å². The van der Waals surface area contributed by atoms with Gasteiger partial charge in [-0.2, -0.15) is 0 Å². The molecule has 1 amide bonds. The second kappa shape index (κ2) is 6.23. The van der Waals surface area contributed by atoms with Crippen LogP contribution in [-0.2, 0) is 11.2 Å². The van der Waals surface area contributed by atoms with Crippen LogP contribution in [0.3, 0.4) is 0 Å². The molecule has 124 valence electrons. The molecule has 2 fully saturated rings. The van der Waals surface area contributed by atoms with Crippen LogP contribution in [0.2, 0.25) is 0 Å². The van der Waals surface area contributed by atoms with Gasteiger partial charge in [0.05, 0.1) is 18.5 Å². The summed E-state index contributed by atoms with van der Waals surface area (Å²) < 4.78 is 0. The first-order valence-electron chi connectivity index (χ1n) is 8.61. The summed E-state index contributed by atoms with van der Waals surface area (Å²) in [4.78, 5) is 25.9. The molecule has 0 spiro atoms. The standard InChI is InChI=1S/C19H22N4O/c1-14-3-5-15(6-4-14)13-18(24)22-11-7-17-16(22)8-12-23(17)19-20-9-2-10-21-19/h2-6,9-10,16-17H,7-8,11-13H2,1H3/t16-,17+/m0/s1. The lowest BCUT2D eigenvalue weighted by atomic mass is 10.1. The summed E-state index contributed by atoms with van der Waals surface area (Å²) in [5.74, 6) is 1.03. The Kier molecular flexibility index (Phi) is 3.92. The maximum absolute atomic E-state index is 12.8. The van der Waals surface area contributed by atoms with Gasteiger partial charge in [0.1, 0.15) is 0 Å². The number of hydrogen-bond acceptors (Lipinski definition) is 4. The molecule has 2 aliphatic rings. The fraction of sp³-hybridized carbons (Fsp3) is 0.421. The Labute approximate surface area is 142 Å². The molecule has 0 saturated carbocycles. The maximum atomic E-state index is 12.8. The van der Waals surface area contributed by atoms with Crippen molar-refractivity contribution in [3.05, 3.63) is 53.9 Å². The molecule has 2 atom stereocenters. The zero-order valence-corrected chi connectivity index (χ0v) is 13.9. The van der Waals surface area contributed by atoms with Gasteiger partial charge in [0.15, 0.2) is 0 Å². The van der Waals surface area contributed by atoms with E-state index in [0.717, 1.165) is 37.4 Å². The molecule has 1 aromatic heterocycles. The van der Waals surface area contributed by atoms with E-state index in [1.807, 2.05) is 6.07 Å². The van der Waals surface area contributed by atoms with E-state index in [9.17, 15) is 4.79 Å².